The predicted octanol–water partition coefficient (Wildman–Crippen LogP) is 3.65. The number of hydrogen-bond acceptors (Lipinski definition) is 5. The van der Waals surface area contributed by atoms with Crippen molar-refractivity contribution in [2.45, 2.75) is 26.8 Å². The van der Waals surface area contributed by atoms with Crippen molar-refractivity contribution in [3.05, 3.63) is 63.0 Å². The minimum atomic E-state index is -0.488. The second-order valence-corrected chi connectivity index (χ2v) is 7.84. The van der Waals surface area contributed by atoms with E-state index in [0.29, 0.717) is 18.7 Å². The van der Waals surface area contributed by atoms with Gasteiger partial charge in [-0.1, -0.05) is 11.6 Å². The molecule has 2 aromatic heterocycles. The van der Waals surface area contributed by atoms with Crippen molar-refractivity contribution < 1.29 is 14.3 Å². The summed E-state index contributed by atoms with van der Waals surface area (Å²) in [7, 11) is 0. The molecule has 0 aliphatic carbocycles. The number of rotatable bonds is 3. The lowest BCUT2D eigenvalue weighted by molar-refractivity contribution is -0.135. The van der Waals surface area contributed by atoms with Gasteiger partial charge in [0.2, 0.25) is 0 Å². The fourth-order valence-electron chi connectivity index (χ4n) is 3.40. The Kier molecular flexibility index (Phi) is 4.66. The van der Waals surface area contributed by atoms with Crippen molar-refractivity contribution in [3.8, 4) is 0 Å². The van der Waals surface area contributed by atoms with E-state index in [0.717, 1.165) is 28.6 Å². The van der Waals surface area contributed by atoms with E-state index in [1.165, 1.54) is 10.4 Å². The molecule has 0 radical (unpaired) electrons. The molecule has 1 aromatic carbocycles. The molecule has 27 heavy (non-hydrogen) atoms. The number of carbonyl (C=O) groups is 2. The molecule has 6 heteroatoms. The molecule has 1 aliphatic rings. The molecule has 4 rings (SSSR count). The average molecular weight is 380 g/mol. The molecule has 0 bridgehead atoms. The van der Waals surface area contributed by atoms with E-state index in [4.69, 9.17) is 4.74 Å². The number of aromatic nitrogens is 1. The third-order valence-electron chi connectivity index (χ3n) is 4.80. The number of amides is 1. The summed E-state index contributed by atoms with van der Waals surface area (Å²) in [6.07, 6.45) is 0.861. The second-order valence-electron chi connectivity index (χ2n) is 6.84. The molecule has 0 saturated carbocycles. The number of nitrogens with zero attached hydrogens (tertiary/aromatic N) is 2. The van der Waals surface area contributed by atoms with Crippen LogP contribution in [0.3, 0.4) is 0 Å². The first-order chi connectivity index (χ1) is 13.0. The van der Waals surface area contributed by atoms with Gasteiger partial charge < -0.3 is 9.64 Å². The van der Waals surface area contributed by atoms with Crippen LogP contribution in [0.25, 0.3) is 10.9 Å². The maximum atomic E-state index is 12.6. The molecule has 1 amide bonds. The van der Waals surface area contributed by atoms with Gasteiger partial charge in [-0.2, -0.15) is 0 Å². The summed E-state index contributed by atoms with van der Waals surface area (Å²) in [6.45, 7) is 4.82. The van der Waals surface area contributed by atoms with Gasteiger partial charge in [-0.05, 0) is 55.5 Å². The summed E-state index contributed by atoms with van der Waals surface area (Å²) in [6, 6.07) is 9.55. The van der Waals surface area contributed by atoms with Gasteiger partial charge in [-0.3, -0.25) is 9.78 Å². The van der Waals surface area contributed by atoms with Gasteiger partial charge in [0.25, 0.3) is 5.91 Å². The average Bonchev–Trinajstić information content (AvgIpc) is 3.13. The summed E-state index contributed by atoms with van der Waals surface area (Å²) in [5, 5.41) is 2.80. The lowest BCUT2D eigenvalue weighted by Gasteiger charge is -2.26. The zero-order chi connectivity index (χ0) is 19.0. The normalized spacial score (nSPS) is 13.5. The third-order valence-corrected chi connectivity index (χ3v) is 5.82. The van der Waals surface area contributed by atoms with E-state index in [9.17, 15) is 9.59 Å². The highest BCUT2D eigenvalue weighted by atomic mass is 32.1. The molecular weight excluding hydrogens is 360 g/mol. The monoisotopic (exact) mass is 380 g/mol. The number of ether oxygens (including phenoxy) is 1. The molecule has 0 unspecified atom stereocenters. The Morgan fingerprint density at radius 2 is 2.07 bits per heavy atom. The Morgan fingerprint density at radius 1 is 1.22 bits per heavy atom. The molecule has 0 spiro atoms. The van der Waals surface area contributed by atoms with Crippen LogP contribution in [0.1, 0.15) is 32.1 Å². The number of pyridine rings is 1. The summed E-state index contributed by atoms with van der Waals surface area (Å²) < 4.78 is 5.36. The molecule has 1 aliphatic heterocycles. The molecule has 0 fully saturated rings. The molecule has 0 atom stereocenters. The molecule has 0 N–H and O–H groups in total. The Morgan fingerprint density at radius 3 is 2.93 bits per heavy atom. The first-order valence-electron chi connectivity index (χ1n) is 8.89. The molecule has 5 nitrogen and oxygen atoms in total. The maximum absolute atomic E-state index is 12.6. The lowest BCUT2D eigenvalue weighted by atomic mass is 10.1. The van der Waals surface area contributed by atoms with Crippen LogP contribution in [0.4, 0.5) is 0 Å². The highest BCUT2D eigenvalue weighted by molar-refractivity contribution is 7.10. The quantitative estimate of drug-likeness (QED) is 0.651. The van der Waals surface area contributed by atoms with Crippen molar-refractivity contribution in [1.82, 2.24) is 9.88 Å². The number of aryl methyl sites for hydroxylation is 2. The lowest BCUT2D eigenvalue weighted by Crippen LogP contribution is -2.38. The van der Waals surface area contributed by atoms with Crippen LogP contribution >= 0.6 is 11.3 Å². The summed E-state index contributed by atoms with van der Waals surface area (Å²) in [4.78, 5) is 32.7. The van der Waals surface area contributed by atoms with Crippen LogP contribution in [0, 0.1) is 13.8 Å². The van der Waals surface area contributed by atoms with Crippen LogP contribution in [0.5, 0.6) is 0 Å². The highest BCUT2D eigenvalue weighted by Gasteiger charge is 2.23. The van der Waals surface area contributed by atoms with E-state index < -0.39 is 5.97 Å². The minimum absolute atomic E-state index is 0.161. The number of hydrogen-bond donors (Lipinski definition) is 0. The standard InChI is InChI=1S/C21H20N2O3S/c1-13-3-4-18-16(9-13)17(10-14(2)22-18)21(25)26-12-20(24)23-7-5-19-15(11-23)6-8-27-19/h3-4,6,8-10H,5,7,11-12H2,1-2H3. The second kappa shape index (κ2) is 7.12. The Balaban J connectivity index is 1.48. The van der Waals surface area contributed by atoms with Gasteiger partial charge in [0.15, 0.2) is 6.61 Å². The van der Waals surface area contributed by atoms with E-state index in [-0.39, 0.29) is 12.5 Å². The van der Waals surface area contributed by atoms with Gasteiger partial charge in [-0.15, -0.1) is 11.3 Å². The summed E-state index contributed by atoms with van der Waals surface area (Å²) in [5.74, 6) is -0.649. The Hall–Kier alpha value is -2.73. The van der Waals surface area contributed by atoms with Crippen molar-refractivity contribution in [2.24, 2.45) is 0 Å². The largest absolute Gasteiger partial charge is 0.452 e. The zero-order valence-electron chi connectivity index (χ0n) is 15.3. The molecular formula is C21H20N2O3S. The van der Waals surface area contributed by atoms with E-state index in [1.54, 1.807) is 22.3 Å². The number of fused-ring (bicyclic) bond motifs is 2. The van der Waals surface area contributed by atoms with Crippen LogP contribution in [-0.4, -0.2) is 34.9 Å². The minimum Gasteiger partial charge on any atom is -0.452 e. The van der Waals surface area contributed by atoms with Gasteiger partial charge >= 0.3 is 5.97 Å². The highest BCUT2D eigenvalue weighted by Crippen LogP contribution is 2.24. The van der Waals surface area contributed by atoms with Crippen LogP contribution < -0.4 is 0 Å². The Bertz CT molecular complexity index is 1040. The van der Waals surface area contributed by atoms with Crippen LogP contribution in [-0.2, 0) is 22.5 Å². The Labute approximate surface area is 161 Å². The van der Waals surface area contributed by atoms with Crippen LogP contribution in [0.2, 0.25) is 0 Å². The van der Waals surface area contributed by atoms with Crippen LogP contribution in [0.15, 0.2) is 35.7 Å². The summed E-state index contributed by atoms with van der Waals surface area (Å²) in [5.41, 5.74) is 4.17. The number of benzene rings is 1. The molecule has 3 heterocycles. The van der Waals surface area contributed by atoms with Gasteiger partial charge in [0.05, 0.1) is 11.1 Å². The van der Waals surface area contributed by atoms with Gasteiger partial charge in [0.1, 0.15) is 0 Å². The van der Waals surface area contributed by atoms with E-state index >= 15 is 0 Å². The predicted molar refractivity (Wildman–Crippen MR) is 105 cm³/mol. The number of esters is 1. The third kappa shape index (κ3) is 3.57. The first kappa shape index (κ1) is 17.7. The van der Waals surface area contributed by atoms with E-state index in [1.807, 2.05) is 32.0 Å². The van der Waals surface area contributed by atoms with Crippen molar-refractivity contribution >= 4 is 34.1 Å². The van der Waals surface area contributed by atoms with Crippen molar-refractivity contribution in [1.29, 1.82) is 0 Å². The van der Waals surface area contributed by atoms with Crippen molar-refractivity contribution in [2.75, 3.05) is 13.2 Å². The number of carbonyl (C=O) groups excluding carboxylic acids is 2. The topological polar surface area (TPSA) is 59.5 Å². The maximum Gasteiger partial charge on any atom is 0.339 e. The van der Waals surface area contributed by atoms with E-state index in [2.05, 4.69) is 16.4 Å². The smallest absolute Gasteiger partial charge is 0.339 e. The van der Waals surface area contributed by atoms with Gasteiger partial charge in [-0.25, -0.2) is 4.79 Å². The fraction of sp³-hybridized carbons (Fsp3) is 0.286. The van der Waals surface area contributed by atoms with Crippen molar-refractivity contribution in [3.63, 3.8) is 0 Å². The fourth-order valence-corrected chi connectivity index (χ4v) is 4.29. The summed E-state index contributed by atoms with van der Waals surface area (Å²) >= 11 is 1.73. The first-order valence-corrected chi connectivity index (χ1v) is 9.77. The van der Waals surface area contributed by atoms with Gasteiger partial charge in [0, 0.05) is 29.0 Å². The number of thiophene rings is 1. The molecule has 3 aromatic rings. The molecule has 138 valence electrons. The zero-order valence-corrected chi connectivity index (χ0v) is 16.1. The SMILES string of the molecule is Cc1ccc2nc(C)cc(C(=O)OCC(=O)N3CCc4sccc4C3)c2c1. The molecule has 0 saturated heterocycles.